The van der Waals surface area contributed by atoms with E-state index in [0.717, 1.165) is 31.1 Å². The number of nitrogens with zero attached hydrogens (tertiary/aromatic N) is 3. The van der Waals surface area contributed by atoms with Crippen LogP contribution in [0.2, 0.25) is 0 Å². The summed E-state index contributed by atoms with van der Waals surface area (Å²) in [6.07, 6.45) is 2.75. The first-order valence-electron chi connectivity index (χ1n) is 6.28. The first-order chi connectivity index (χ1) is 8.68. The number of hydrogen-bond acceptors (Lipinski definition) is 6. The Hall–Kier alpha value is -1.17. The maximum absolute atomic E-state index is 6.12. The molecule has 0 spiro atoms. The van der Waals surface area contributed by atoms with Gasteiger partial charge in [-0.2, -0.15) is 16.7 Å². The molecule has 0 bridgehead atoms. The molecule has 1 aliphatic heterocycles. The summed E-state index contributed by atoms with van der Waals surface area (Å²) in [6.45, 7) is 5.90. The summed E-state index contributed by atoms with van der Waals surface area (Å²) in [5.74, 6) is 3.62. The van der Waals surface area contributed by atoms with Crippen LogP contribution in [-0.2, 0) is 0 Å². The summed E-state index contributed by atoms with van der Waals surface area (Å²) in [4.78, 5) is 10.6. The Kier molecular flexibility index (Phi) is 4.52. The van der Waals surface area contributed by atoms with Crippen molar-refractivity contribution in [1.29, 1.82) is 0 Å². The first kappa shape index (κ1) is 13.3. The smallest absolute Gasteiger partial charge is 0.242 e. The highest BCUT2D eigenvalue weighted by Crippen LogP contribution is 2.29. The molecule has 5 nitrogen and oxygen atoms in total. The van der Waals surface area contributed by atoms with Gasteiger partial charge in [-0.05, 0) is 26.0 Å². The molecule has 0 amide bonds. The van der Waals surface area contributed by atoms with Crippen molar-refractivity contribution < 1.29 is 4.74 Å². The Labute approximate surface area is 112 Å². The van der Waals surface area contributed by atoms with Gasteiger partial charge in [-0.3, -0.25) is 0 Å². The third-order valence-corrected chi connectivity index (χ3v) is 3.74. The van der Waals surface area contributed by atoms with Crippen LogP contribution in [0.4, 0.5) is 11.5 Å². The minimum absolute atomic E-state index is 0.0646. The molecule has 2 rings (SSSR count). The van der Waals surface area contributed by atoms with Gasteiger partial charge in [-0.1, -0.05) is 0 Å². The van der Waals surface area contributed by atoms with Gasteiger partial charge in [-0.25, -0.2) is 4.98 Å². The van der Waals surface area contributed by atoms with Crippen LogP contribution in [0, 0.1) is 0 Å². The van der Waals surface area contributed by atoms with E-state index in [-0.39, 0.29) is 6.10 Å². The molecule has 0 aromatic carbocycles. The lowest BCUT2D eigenvalue weighted by molar-refractivity contribution is 0.234. The molecule has 0 atom stereocenters. The van der Waals surface area contributed by atoms with Crippen molar-refractivity contribution in [3.63, 3.8) is 0 Å². The number of thioether (sulfide) groups is 1. The quantitative estimate of drug-likeness (QED) is 0.901. The molecule has 2 N–H and O–H groups in total. The molecule has 1 aromatic rings. The molecular weight excluding hydrogens is 248 g/mol. The standard InChI is InChI=1S/C12H20N4OS/c1-9(2)17-12-10(13)11(14-8-15-12)16-4-3-6-18-7-5-16/h8-9H,3-7,13H2,1-2H3. The minimum Gasteiger partial charge on any atom is -0.473 e. The Morgan fingerprint density at radius 1 is 1.33 bits per heavy atom. The zero-order valence-corrected chi connectivity index (χ0v) is 11.7. The fourth-order valence-electron chi connectivity index (χ4n) is 1.90. The van der Waals surface area contributed by atoms with Gasteiger partial charge >= 0.3 is 0 Å². The van der Waals surface area contributed by atoms with E-state index < -0.39 is 0 Å². The van der Waals surface area contributed by atoms with E-state index in [1.54, 1.807) is 0 Å². The van der Waals surface area contributed by atoms with Gasteiger partial charge in [0.1, 0.15) is 12.0 Å². The maximum Gasteiger partial charge on any atom is 0.242 e. The van der Waals surface area contributed by atoms with Crippen LogP contribution in [-0.4, -0.2) is 40.7 Å². The fraction of sp³-hybridized carbons (Fsp3) is 0.667. The predicted octanol–water partition coefficient (Wildman–Crippen LogP) is 1.79. The number of nitrogens with two attached hydrogens (primary N) is 1. The lowest BCUT2D eigenvalue weighted by Crippen LogP contribution is -2.27. The minimum atomic E-state index is 0.0646. The van der Waals surface area contributed by atoms with Gasteiger partial charge in [0.05, 0.1) is 6.10 Å². The SMILES string of the molecule is CC(C)Oc1ncnc(N2CCCSCC2)c1N. The van der Waals surface area contributed by atoms with Crippen molar-refractivity contribution >= 4 is 23.3 Å². The number of nitrogen functional groups attached to an aromatic ring is 1. The Morgan fingerprint density at radius 2 is 2.17 bits per heavy atom. The van der Waals surface area contributed by atoms with Gasteiger partial charge in [0.2, 0.25) is 5.88 Å². The maximum atomic E-state index is 6.12. The van der Waals surface area contributed by atoms with Crippen molar-refractivity contribution in [3.8, 4) is 5.88 Å². The zero-order chi connectivity index (χ0) is 13.0. The van der Waals surface area contributed by atoms with Gasteiger partial charge in [-0.15, -0.1) is 0 Å². The summed E-state index contributed by atoms with van der Waals surface area (Å²) in [5, 5.41) is 0. The molecule has 6 heteroatoms. The van der Waals surface area contributed by atoms with Gasteiger partial charge in [0, 0.05) is 18.8 Å². The van der Waals surface area contributed by atoms with Gasteiger partial charge < -0.3 is 15.4 Å². The molecule has 18 heavy (non-hydrogen) atoms. The molecule has 0 aliphatic carbocycles. The normalized spacial score (nSPS) is 16.7. The third kappa shape index (κ3) is 3.19. The number of aromatic nitrogens is 2. The fourth-order valence-corrected chi connectivity index (χ4v) is 2.78. The second kappa shape index (κ2) is 6.13. The topological polar surface area (TPSA) is 64.3 Å². The first-order valence-corrected chi connectivity index (χ1v) is 7.43. The summed E-state index contributed by atoms with van der Waals surface area (Å²) in [6, 6.07) is 0. The van der Waals surface area contributed by atoms with E-state index in [1.165, 1.54) is 12.1 Å². The highest BCUT2D eigenvalue weighted by molar-refractivity contribution is 7.99. The summed E-state index contributed by atoms with van der Waals surface area (Å²) >= 11 is 1.98. The van der Waals surface area contributed by atoms with Crippen LogP contribution in [0.1, 0.15) is 20.3 Å². The lowest BCUT2D eigenvalue weighted by atomic mass is 10.3. The second-order valence-electron chi connectivity index (χ2n) is 4.54. The average molecular weight is 268 g/mol. The lowest BCUT2D eigenvalue weighted by Gasteiger charge is -2.23. The molecule has 0 unspecified atom stereocenters. The van der Waals surface area contributed by atoms with E-state index >= 15 is 0 Å². The van der Waals surface area contributed by atoms with Crippen LogP contribution >= 0.6 is 11.8 Å². The third-order valence-electron chi connectivity index (χ3n) is 2.70. The van der Waals surface area contributed by atoms with Gasteiger partial charge in [0.15, 0.2) is 5.82 Å². The molecule has 1 fully saturated rings. The van der Waals surface area contributed by atoms with Crippen LogP contribution in [0.25, 0.3) is 0 Å². The molecule has 1 saturated heterocycles. The Bertz CT molecular complexity index is 392. The van der Waals surface area contributed by atoms with Crippen molar-refractivity contribution in [2.45, 2.75) is 26.4 Å². The number of rotatable bonds is 3. The zero-order valence-electron chi connectivity index (χ0n) is 10.9. The van der Waals surface area contributed by atoms with E-state index in [2.05, 4.69) is 14.9 Å². The van der Waals surface area contributed by atoms with Crippen molar-refractivity contribution in [3.05, 3.63) is 6.33 Å². The van der Waals surface area contributed by atoms with Crippen LogP contribution in [0.15, 0.2) is 6.33 Å². The predicted molar refractivity (Wildman–Crippen MR) is 76.4 cm³/mol. The molecule has 0 radical (unpaired) electrons. The van der Waals surface area contributed by atoms with E-state index in [9.17, 15) is 0 Å². The monoisotopic (exact) mass is 268 g/mol. The number of anilines is 2. The number of ether oxygens (including phenoxy) is 1. The van der Waals surface area contributed by atoms with Crippen LogP contribution < -0.4 is 15.4 Å². The average Bonchev–Trinajstić information content (AvgIpc) is 2.60. The second-order valence-corrected chi connectivity index (χ2v) is 5.76. The van der Waals surface area contributed by atoms with Crippen LogP contribution in [0.3, 0.4) is 0 Å². The Morgan fingerprint density at radius 3 is 2.94 bits per heavy atom. The molecule has 2 heterocycles. The number of hydrogen-bond donors (Lipinski definition) is 1. The largest absolute Gasteiger partial charge is 0.473 e. The van der Waals surface area contributed by atoms with Crippen LogP contribution in [0.5, 0.6) is 5.88 Å². The van der Waals surface area contributed by atoms with E-state index in [4.69, 9.17) is 10.5 Å². The summed E-state index contributed by atoms with van der Waals surface area (Å²) in [7, 11) is 0. The van der Waals surface area contributed by atoms with Crippen molar-refractivity contribution in [1.82, 2.24) is 9.97 Å². The van der Waals surface area contributed by atoms with E-state index in [1.807, 2.05) is 25.6 Å². The molecular formula is C12H20N4OS. The molecule has 1 aromatic heterocycles. The van der Waals surface area contributed by atoms with E-state index in [0.29, 0.717) is 11.6 Å². The molecule has 1 aliphatic rings. The van der Waals surface area contributed by atoms with Crippen molar-refractivity contribution in [2.75, 3.05) is 35.2 Å². The summed E-state index contributed by atoms with van der Waals surface area (Å²) in [5.41, 5.74) is 6.67. The Balaban J connectivity index is 2.21. The summed E-state index contributed by atoms with van der Waals surface area (Å²) < 4.78 is 5.60. The highest BCUT2D eigenvalue weighted by Gasteiger charge is 2.17. The van der Waals surface area contributed by atoms with Gasteiger partial charge in [0.25, 0.3) is 0 Å². The highest BCUT2D eigenvalue weighted by atomic mass is 32.2. The van der Waals surface area contributed by atoms with Crippen molar-refractivity contribution in [2.24, 2.45) is 0 Å². The molecule has 100 valence electrons. The molecule has 0 saturated carbocycles.